The molecule has 0 atom stereocenters. The maximum absolute atomic E-state index is 3.90. The lowest BCUT2D eigenvalue weighted by Gasteiger charge is -2.30. The smallest absolute Gasteiger partial charge is 0.385 e. The summed E-state index contributed by atoms with van der Waals surface area (Å²) >= 11 is 0. The zero-order valence-electron chi connectivity index (χ0n) is 24.1. The fraction of sp³-hybridized carbons (Fsp3) is 0.250. The zero-order chi connectivity index (χ0) is 27.4. The summed E-state index contributed by atoms with van der Waals surface area (Å²) in [6.07, 6.45) is 0. The Morgan fingerprint density at radius 2 is 0.474 bits per heavy atom. The molecule has 0 amide bonds. The SMILES string of the molecule is Cc1cccc(C)c1NB(Nc1c(C)cccc1C)B(Nc1c(C)cccc1C)Nc1c(C)cccc1C. The molecule has 0 bridgehead atoms. The molecule has 0 aromatic heterocycles. The summed E-state index contributed by atoms with van der Waals surface area (Å²) in [5.74, 6) is 0. The number of hydrogen-bond acceptors (Lipinski definition) is 4. The van der Waals surface area contributed by atoms with Crippen LogP contribution in [0.2, 0.25) is 0 Å². The molecule has 0 radical (unpaired) electrons. The van der Waals surface area contributed by atoms with Gasteiger partial charge in [-0.05, 0) is 99.9 Å². The highest BCUT2D eigenvalue weighted by Gasteiger charge is 2.36. The average molecular weight is 502 g/mol. The van der Waals surface area contributed by atoms with Crippen LogP contribution in [0.1, 0.15) is 44.5 Å². The largest absolute Gasteiger partial charge is 0.412 e. The molecule has 0 aliphatic carbocycles. The van der Waals surface area contributed by atoms with Crippen LogP contribution in [0.3, 0.4) is 0 Å². The summed E-state index contributed by atoms with van der Waals surface area (Å²) in [6.45, 7) is 16.9. The van der Waals surface area contributed by atoms with Gasteiger partial charge in [-0.3, -0.25) is 0 Å². The van der Waals surface area contributed by atoms with Crippen molar-refractivity contribution in [3.8, 4) is 0 Å². The standard InChI is InChI=1S/C32H40B2N4/c1-21-13-9-14-22(2)29(21)35-33(36-30-23(3)15-10-16-24(30)4)34(37-31-25(5)17-11-18-26(31)6)38-32-27(7)19-12-20-28(32)8/h9-20,35-38H,1-8H3. The van der Waals surface area contributed by atoms with E-state index in [1.54, 1.807) is 0 Å². The molecule has 6 heteroatoms. The second-order valence-electron chi connectivity index (χ2n) is 10.6. The minimum Gasteiger partial charge on any atom is -0.412 e. The molecule has 0 aliphatic rings. The number of rotatable bonds is 9. The van der Waals surface area contributed by atoms with E-state index in [0.29, 0.717) is 0 Å². The highest BCUT2D eigenvalue weighted by Crippen LogP contribution is 2.27. The Balaban J connectivity index is 1.85. The average Bonchev–Trinajstić information content (AvgIpc) is 2.86. The molecule has 0 heterocycles. The lowest BCUT2D eigenvalue weighted by molar-refractivity contribution is 1.35. The summed E-state index contributed by atoms with van der Waals surface area (Å²) in [4.78, 5) is 0. The Morgan fingerprint density at radius 1 is 0.316 bits per heavy atom. The van der Waals surface area contributed by atoms with E-state index in [1.165, 1.54) is 44.5 Å². The van der Waals surface area contributed by atoms with Crippen molar-refractivity contribution in [1.29, 1.82) is 0 Å². The van der Waals surface area contributed by atoms with Gasteiger partial charge in [-0.15, -0.1) is 0 Å². The number of aryl methyl sites for hydroxylation is 8. The molecule has 0 fully saturated rings. The number of anilines is 4. The van der Waals surface area contributed by atoms with Crippen molar-refractivity contribution in [1.82, 2.24) is 0 Å². The summed E-state index contributed by atoms with van der Waals surface area (Å²) in [5, 5.41) is 15.6. The Hall–Kier alpha value is -3.79. The normalized spacial score (nSPS) is 10.6. The second-order valence-corrected chi connectivity index (χ2v) is 10.6. The summed E-state index contributed by atoms with van der Waals surface area (Å²) in [5.41, 5.74) is 14.3. The van der Waals surface area contributed by atoms with Crippen LogP contribution >= 0.6 is 0 Å². The fourth-order valence-electron chi connectivity index (χ4n) is 5.20. The molecule has 0 unspecified atom stereocenters. The first-order valence-electron chi connectivity index (χ1n) is 13.5. The minimum absolute atomic E-state index is 0.187. The van der Waals surface area contributed by atoms with E-state index in [0.717, 1.165) is 22.7 Å². The highest BCUT2D eigenvalue weighted by atomic mass is 15.0. The summed E-state index contributed by atoms with van der Waals surface area (Å²) in [6, 6.07) is 25.8. The highest BCUT2D eigenvalue weighted by molar-refractivity contribution is 7.27. The van der Waals surface area contributed by atoms with E-state index in [1.807, 2.05) is 0 Å². The van der Waals surface area contributed by atoms with E-state index in [9.17, 15) is 0 Å². The molecule has 4 rings (SSSR count). The first-order valence-corrected chi connectivity index (χ1v) is 13.5. The molecule has 4 aromatic rings. The first-order chi connectivity index (χ1) is 18.2. The van der Waals surface area contributed by atoms with Gasteiger partial charge in [0.2, 0.25) is 0 Å². The van der Waals surface area contributed by atoms with Crippen LogP contribution in [0.25, 0.3) is 0 Å². The van der Waals surface area contributed by atoms with Crippen molar-refractivity contribution in [3.63, 3.8) is 0 Å². The van der Waals surface area contributed by atoms with E-state index >= 15 is 0 Å². The maximum Gasteiger partial charge on any atom is 0.385 e. The number of nitrogens with one attached hydrogen (secondary N) is 4. The van der Waals surface area contributed by atoms with Crippen LogP contribution in [0.5, 0.6) is 0 Å². The van der Waals surface area contributed by atoms with Gasteiger partial charge < -0.3 is 20.9 Å². The predicted octanol–water partition coefficient (Wildman–Crippen LogP) is 7.96. The quantitative estimate of drug-likeness (QED) is 0.176. The molecule has 0 spiro atoms. The lowest BCUT2D eigenvalue weighted by Crippen LogP contribution is -2.59. The van der Waals surface area contributed by atoms with Gasteiger partial charge in [-0.1, -0.05) is 72.8 Å². The van der Waals surface area contributed by atoms with Gasteiger partial charge in [0.1, 0.15) is 0 Å². The molecule has 0 aliphatic heterocycles. The molecule has 194 valence electrons. The molecule has 0 saturated carbocycles. The summed E-state index contributed by atoms with van der Waals surface area (Å²) < 4.78 is 0. The van der Waals surface area contributed by atoms with Gasteiger partial charge in [0.05, 0.1) is 0 Å². The molecule has 4 nitrogen and oxygen atoms in total. The molecule has 4 aromatic carbocycles. The lowest BCUT2D eigenvalue weighted by atomic mass is 9.33. The van der Waals surface area contributed by atoms with Gasteiger partial charge in [-0.2, -0.15) is 0 Å². The molecular formula is C32H40B2N4. The monoisotopic (exact) mass is 502 g/mol. The Labute approximate surface area is 229 Å². The van der Waals surface area contributed by atoms with Gasteiger partial charge in [0.15, 0.2) is 0 Å². The van der Waals surface area contributed by atoms with Crippen LogP contribution in [-0.2, 0) is 0 Å². The zero-order valence-corrected chi connectivity index (χ0v) is 24.1. The Bertz CT molecular complexity index is 1140. The first kappa shape index (κ1) is 27.3. The summed E-state index contributed by atoms with van der Waals surface area (Å²) in [7, 11) is 0. The van der Waals surface area contributed by atoms with Gasteiger partial charge in [0, 0.05) is 22.7 Å². The topological polar surface area (TPSA) is 48.1 Å². The number of benzene rings is 4. The van der Waals surface area contributed by atoms with Crippen LogP contribution in [0, 0.1) is 55.4 Å². The van der Waals surface area contributed by atoms with Crippen LogP contribution < -0.4 is 20.9 Å². The number of para-hydroxylation sites is 4. The van der Waals surface area contributed by atoms with Crippen molar-refractivity contribution in [3.05, 3.63) is 117 Å². The van der Waals surface area contributed by atoms with Gasteiger partial charge >= 0.3 is 13.7 Å². The molecule has 38 heavy (non-hydrogen) atoms. The Morgan fingerprint density at radius 3 is 0.632 bits per heavy atom. The third-order valence-electron chi connectivity index (χ3n) is 7.46. The van der Waals surface area contributed by atoms with Crippen LogP contribution in [-0.4, -0.2) is 13.7 Å². The van der Waals surface area contributed by atoms with Crippen LogP contribution in [0.4, 0.5) is 22.7 Å². The van der Waals surface area contributed by atoms with E-state index in [2.05, 4.69) is 149 Å². The van der Waals surface area contributed by atoms with E-state index in [4.69, 9.17) is 0 Å². The second kappa shape index (κ2) is 11.7. The fourth-order valence-corrected chi connectivity index (χ4v) is 5.20. The van der Waals surface area contributed by atoms with E-state index < -0.39 is 0 Å². The van der Waals surface area contributed by atoms with Crippen molar-refractivity contribution in [2.45, 2.75) is 55.4 Å². The minimum atomic E-state index is -0.187. The Kier molecular flexibility index (Phi) is 8.41. The van der Waals surface area contributed by atoms with Gasteiger partial charge in [0.25, 0.3) is 0 Å². The van der Waals surface area contributed by atoms with Crippen molar-refractivity contribution in [2.24, 2.45) is 0 Å². The maximum atomic E-state index is 3.90. The number of hydrogen-bond donors (Lipinski definition) is 4. The molecular weight excluding hydrogens is 462 g/mol. The molecule has 0 saturated heterocycles. The van der Waals surface area contributed by atoms with Crippen molar-refractivity contribution >= 4 is 36.5 Å². The third kappa shape index (κ3) is 6.02. The third-order valence-corrected chi connectivity index (χ3v) is 7.46. The van der Waals surface area contributed by atoms with Crippen molar-refractivity contribution < 1.29 is 0 Å². The van der Waals surface area contributed by atoms with Crippen molar-refractivity contribution in [2.75, 3.05) is 20.9 Å². The van der Waals surface area contributed by atoms with Crippen LogP contribution in [0.15, 0.2) is 72.8 Å². The van der Waals surface area contributed by atoms with E-state index in [-0.39, 0.29) is 13.7 Å². The molecule has 4 N–H and O–H groups in total. The van der Waals surface area contributed by atoms with Gasteiger partial charge in [-0.25, -0.2) is 0 Å². The predicted molar refractivity (Wildman–Crippen MR) is 170 cm³/mol.